The van der Waals surface area contributed by atoms with E-state index in [9.17, 15) is 14.0 Å². The smallest absolute Gasteiger partial charge is 0.328 e. The number of nitrogens with zero attached hydrogens (tertiary/aromatic N) is 3. The Morgan fingerprint density at radius 1 is 0.976 bits per heavy atom. The van der Waals surface area contributed by atoms with Crippen molar-refractivity contribution < 1.29 is 18.7 Å². The summed E-state index contributed by atoms with van der Waals surface area (Å²) in [6, 6.07) is 11.2. The molecule has 6 nitrogen and oxygen atoms in total. The number of carbonyl (C=O) groups is 2. The minimum Gasteiger partial charge on any atom is -0.467 e. The highest BCUT2D eigenvalue weighted by Gasteiger charge is 2.35. The molecule has 5 rings (SSSR count). The molecule has 3 heterocycles. The number of amides is 1. The molecule has 0 saturated carbocycles. The Kier molecular flexibility index (Phi) is 10.5. The van der Waals surface area contributed by atoms with Gasteiger partial charge in [-0.3, -0.25) is 14.6 Å². The third kappa shape index (κ3) is 7.14. The SMILES string of the molecule is CCCCCCCCC(C(=O)OC)N1C(=O)CCc2ccc(CCN3CCN(c4cc(F)cc5sccc45)CC3)cc21. The molecule has 0 radical (unpaired) electrons. The number of ether oxygens (including phenoxy) is 1. The largest absolute Gasteiger partial charge is 0.467 e. The number of piperazine rings is 1. The van der Waals surface area contributed by atoms with E-state index in [1.165, 1.54) is 31.9 Å². The van der Waals surface area contributed by atoms with Crippen LogP contribution in [0.1, 0.15) is 69.4 Å². The number of halogens is 1. The van der Waals surface area contributed by atoms with Crippen molar-refractivity contribution in [3.8, 4) is 0 Å². The summed E-state index contributed by atoms with van der Waals surface area (Å²) in [6.45, 7) is 6.68. The molecular weight excluding hydrogens is 549 g/mol. The Labute approximate surface area is 253 Å². The fourth-order valence-electron chi connectivity index (χ4n) is 6.43. The average molecular weight is 594 g/mol. The van der Waals surface area contributed by atoms with Crippen molar-refractivity contribution in [1.29, 1.82) is 0 Å². The molecule has 0 aliphatic carbocycles. The molecular formula is C34H44FN3O3S. The predicted molar refractivity (Wildman–Crippen MR) is 170 cm³/mol. The molecule has 1 unspecified atom stereocenters. The van der Waals surface area contributed by atoms with Gasteiger partial charge in [-0.15, -0.1) is 11.3 Å². The van der Waals surface area contributed by atoms with Gasteiger partial charge in [-0.05, 0) is 60.0 Å². The minimum atomic E-state index is -0.575. The van der Waals surface area contributed by atoms with Gasteiger partial charge in [-0.2, -0.15) is 0 Å². The molecule has 0 bridgehead atoms. The summed E-state index contributed by atoms with van der Waals surface area (Å²) in [5.74, 6) is -0.496. The van der Waals surface area contributed by atoms with Crippen LogP contribution in [-0.4, -0.2) is 62.7 Å². The lowest BCUT2D eigenvalue weighted by molar-refractivity contribution is -0.143. The Bertz CT molecular complexity index is 1370. The number of rotatable bonds is 13. The number of benzene rings is 2. The number of carbonyl (C=O) groups excluding carboxylic acids is 2. The van der Waals surface area contributed by atoms with Crippen LogP contribution in [-0.2, 0) is 27.2 Å². The Morgan fingerprint density at radius 2 is 1.76 bits per heavy atom. The number of hydrogen-bond donors (Lipinski definition) is 0. The third-order valence-electron chi connectivity index (χ3n) is 8.85. The number of fused-ring (bicyclic) bond motifs is 2. The zero-order valence-corrected chi connectivity index (χ0v) is 25.9. The van der Waals surface area contributed by atoms with Crippen molar-refractivity contribution in [3.05, 3.63) is 58.7 Å². The van der Waals surface area contributed by atoms with E-state index < -0.39 is 6.04 Å². The fourth-order valence-corrected chi connectivity index (χ4v) is 7.26. The van der Waals surface area contributed by atoms with Crippen molar-refractivity contribution >= 4 is 44.7 Å². The van der Waals surface area contributed by atoms with Gasteiger partial charge in [0.05, 0.1) is 7.11 Å². The van der Waals surface area contributed by atoms with Crippen LogP contribution >= 0.6 is 11.3 Å². The first kappa shape index (κ1) is 30.5. The van der Waals surface area contributed by atoms with E-state index in [-0.39, 0.29) is 17.7 Å². The highest BCUT2D eigenvalue weighted by Crippen LogP contribution is 2.34. The highest BCUT2D eigenvalue weighted by molar-refractivity contribution is 7.17. The molecule has 2 aliphatic rings. The molecule has 1 aromatic heterocycles. The number of hydrogen-bond acceptors (Lipinski definition) is 6. The van der Waals surface area contributed by atoms with Crippen molar-refractivity contribution in [2.24, 2.45) is 0 Å². The van der Waals surface area contributed by atoms with Crippen LogP contribution in [0, 0.1) is 5.82 Å². The van der Waals surface area contributed by atoms with Crippen LogP contribution in [0.4, 0.5) is 15.8 Å². The third-order valence-corrected chi connectivity index (χ3v) is 9.71. The molecule has 42 heavy (non-hydrogen) atoms. The molecule has 1 fully saturated rings. The van der Waals surface area contributed by atoms with Gasteiger partial charge in [-0.25, -0.2) is 9.18 Å². The van der Waals surface area contributed by atoms with Crippen LogP contribution in [0.5, 0.6) is 0 Å². The van der Waals surface area contributed by atoms with Gasteiger partial charge >= 0.3 is 5.97 Å². The highest BCUT2D eigenvalue weighted by atomic mass is 32.1. The first-order valence-corrected chi connectivity index (χ1v) is 16.5. The number of esters is 1. The molecule has 2 aliphatic heterocycles. The van der Waals surface area contributed by atoms with Crippen LogP contribution < -0.4 is 9.80 Å². The van der Waals surface area contributed by atoms with Crippen LogP contribution in [0.2, 0.25) is 0 Å². The number of unbranched alkanes of at least 4 members (excludes halogenated alkanes) is 5. The van der Waals surface area contributed by atoms with E-state index in [0.717, 1.165) is 85.4 Å². The lowest BCUT2D eigenvalue weighted by atomic mass is 9.95. The second-order valence-corrected chi connectivity index (χ2v) is 12.6. The van der Waals surface area contributed by atoms with E-state index in [1.807, 2.05) is 5.38 Å². The Balaban J connectivity index is 1.21. The molecule has 226 valence electrons. The summed E-state index contributed by atoms with van der Waals surface area (Å²) >= 11 is 1.58. The molecule has 1 saturated heterocycles. The number of aryl methyl sites for hydroxylation is 1. The van der Waals surface area contributed by atoms with Crippen LogP contribution in [0.25, 0.3) is 10.1 Å². The summed E-state index contributed by atoms with van der Waals surface area (Å²) in [6.07, 6.45) is 9.40. The van der Waals surface area contributed by atoms with Crippen LogP contribution in [0.3, 0.4) is 0 Å². The zero-order chi connectivity index (χ0) is 29.5. The minimum absolute atomic E-state index is 0.00855. The van der Waals surface area contributed by atoms with Crippen molar-refractivity contribution in [3.63, 3.8) is 0 Å². The molecule has 0 N–H and O–H groups in total. The van der Waals surface area contributed by atoms with Gasteiger partial charge in [0, 0.05) is 60.6 Å². The monoisotopic (exact) mass is 593 g/mol. The number of thiophene rings is 1. The summed E-state index contributed by atoms with van der Waals surface area (Å²) < 4.78 is 20.4. The summed E-state index contributed by atoms with van der Waals surface area (Å²) in [7, 11) is 1.42. The van der Waals surface area contributed by atoms with Gasteiger partial charge < -0.3 is 9.64 Å². The maximum atomic E-state index is 14.2. The van der Waals surface area contributed by atoms with Crippen molar-refractivity contribution in [2.45, 2.75) is 77.2 Å². The standard InChI is InChI=1S/C34H44FN3O3S/c1-3-4-5-6-7-8-9-29(34(40)41-2)38-30-22-25(10-11-26(30)12-13-33(38)39)14-16-36-17-19-37(20-18-36)31-23-27(35)24-32-28(31)15-21-42-32/h10-11,15,21-24,29H,3-9,12-14,16-20H2,1-2H3. The molecule has 2 aromatic carbocycles. The van der Waals surface area contributed by atoms with Gasteiger partial charge in [0.2, 0.25) is 5.91 Å². The van der Waals surface area contributed by atoms with Crippen molar-refractivity contribution in [1.82, 2.24) is 4.90 Å². The lowest BCUT2D eigenvalue weighted by Crippen LogP contribution is -2.48. The zero-order valence-electron chi connectivity index (χ0n) is 25.1. The number of methoxy groups -OCH3 is 1. The number of anilines is 2. The maximum Gasteiger partial charge on any atom is 0.328 e. The molecule has 1 atom stereocenters. The Morgan fingerprint density at radius 3 is 2.55 bits per heavy atom. The predicted octanol–water partition coefficient (Wildman–Crippen LogP) is 6.98. The van der Waals surface area contributed by atoms with Gasteiger partial charge in [0.15, 0.2) is 0 Å². The van der Waals surface area contributed by atoms with E-state index in [1.54, 1.807) is 28.4 Å². The second-order valence-electron chi connectivity index (χ2n) is 11.7. The van der Waals surface area contributed by atoms with Gasteiger partial charge in [0.25, 0.3) is 0 Å². The summed E-state index contributed by atoms with van der Waals surface area (Å²) in [4.78, 5) is 32.6. The maximum absolute atomic E-state index is 14.2. The van der Waals surface area contributed by atoms with Crippen LogP contribution in [0.15, 0.2) is 41.8 Å². The van der Waals surface area contributed by atoms with Gasteiger partial charge in [-0.1, -0.05) is 57.6 Å². The topological polar surface area (TPSA) is 53.1 Å². The molecule has 1 amide bonds. The first-order chi connectivity index (χ1) is 20.5. The summed E-state index contributed by atoms with van der Waals surface area (Å²) in [5.41, 5.74) is 4.16. The normalized spacial score (nSPS) is 16.6. The average Bonchev–Trinajstić information content (AvgIpc) is 3.48. The first-order valence-electron chi connectivity index (χ1n) is 15.6. The van der Waals surface area contributed by atoms with Gasteiger partial charge in [0.1, 0.15) is 11.9 Å². The molecule has 0 spiro atoms. The second kappa shape index (κ2) is 14.5. The summed E-state index contributed by atoms with van der Waals surface area (Å²) in [5, 5.41) is 3.16. The molecule has 3 aromatic rings. The van der Waals surface area contributed by atoms with E-state index >= 15 is 0 Å². The van der Waals surface area contributed by atoms with E-state index in [4.69, 9.17) is 4.74 Å². The van der Waals surface area contributed by atoms with E-state index in [0.29, 0.717) is 19.3 Å². The van der Waals surface area contributed by atoms with E-state index in [2.05, 4.69) is 41.0 Å². The van der Waals surface area contributed by atoms with Crippen molar-refractivity contribution in [2.75, 3.05) is 49.6 Å². The quantitative estimate of drug-likeness (QED) is 0.158. The lowest BCUT2D eigenvalue weighted by Gasteiger charge is -2.37. The fraction of sp³-hybridized carbons (Fsp3) is 0.529. The molecule has 8 heteroatoms. The Hall–Kier alpha value is -2.97.